The number of hydrogen-bond acceptors (Lipinski definition) is 2. The maximum Gasteiger partial charge on any atom is 0.0554 e. The summed E-state index contributed by atoms with van der Waals surface area (Å²) in [6.07, 6.45) is 0. The molecule has 264 valence electrons. The number of para-hydroxylation sites is 2. The van der Waals surface area contributed by atoms with Crippen molar-refractivity contribution in [1.82, 2.24) is 0 Å². The molecule has 0 spiro atoms. The van der Waals surface area contributed by atoms with Crippen molar-refractivity contribution in [1.29, 1.82) is 0 Å². The van der Waals surface area contributed by atoms with Crippen LogP contribution in [0.2, 0.25) is 0 Å². The second kappa shape index (κ2) is 46.3. The van der Waals surface area contributed by atoms with Gasteiger partial charge in [-0.1, -0.05) is 199 Å². The summed E-state index contributed by atoms with van der Waals surface area (Å²) in [5, 5.41) is 2.64. The fourth-order valence-corrected chi connectivity index (χ4v) is 4.65. The molecule has 0 radical (unpaired) electrons. The fraction of sp³-hybridized carbons (Fsp3) is 0.455. The van der Waals surface area contributed by atoms with Crippen LogP contribution in [-0.4, -0.2) is 0 Å². The number of nitrogens with zero attached hydrogens (tertiary/aromatic N) is 1. The van der Waals surface area contributed by atoms with E-state index in [1.807, 2.05) is 150 Å². The Morgan fingerprint density at radius 2 is 0.652 bits per heavy atom. The third kappa shape index (κ3) is 19.4. The second-order valence-electron chi connectivity index (χ2n) is 6.26. The van der Waals surface area contributed by atoms with Crippen LogP contribution in [0, 0.1) is 0 Å². The first kappa shape index (κ1) is 55.3. The van der Waals surface area contributed by atoms with Gasteiger partial charge in [0.2, 0.25) is 0 Å². The highest BCUT2D eigenvalue weighted by atomic mass is 32.1. The molecule has 0 saturated carbocycles. The van der Waals surface area contributed by atoms with Gasteiger partial charge in [0, 0.05) is 31.5 Å². The molecule has 0 saturated heterocycles. The smallest absolute Gasteiger partial charge is 0.0554 e. The summed E-state index contributed by atoms with van der Waals surface area (Å²) >= 11 is 1.86. The Morgan fingerprint density at radius 1 is 0.326 bits per heavy atom. The van der Waals surface area contributed by atoms with E-state index >= 15 is 0 Å². The third-order valence-electron chi connectivity index (χ3n) is 4.65. The summed E-state index contributed by atoms with van der Waals surface area (Å²) in [5.74, 6) is 0. The highest BCUT2D eigenvalue weighted by Crippen LogP contribution is 2.44. The Balaban J connectivity index is -0.000000173. The van der Waals surface area contributed by atoms with E-state index in [4.69, 9.17) is 0 Å². The molecular formula is C44H77NS. The monoisotopic (exact) mass is 652 g/mol. The molecule has 46 heavy (non-hydrogen) atoms. The third-order valence-corrected chi connectivity index (χ3v) is 5.79. The van der Waals surface area contributed by atoms with Crippen molar-refractivity contribution >= 4 is 48.6 Å². The van der Waals surface area contributed by atoms with Gasteiger partial charge < -0.3 is 4.90 Å². The van der Waals surface area contributed by atoms with Gasteiger partial charge in [-0.15, -0.1) is 11.3 Å². The molecule has 0 unspecified atom stereocenters. The van der Waals surface area contributed by atoms with Gasteiger partial charge in [0.1, 0.15) is 0 Å². The molecule has 5 rings (SSSR count). The number of benzene rings is 4. The number of anilines is 3. The summed E-state index contributed by atoms with van der Waals surface area (Å²) in [6.45, 7) is 40.0. The average molecular weight is 652 g/mol. The van der Waals surface area contributed by atoms with Gasteiger partial charge in [-0.25, -0.2) is 0 Å². The molecule has 0 fully saturated rings. The van der Waals surface area contributed by atoms with Crippen LogP contribution in [0.3, 0.4) is 0 Å². The highest BCUT2D eigenvalue weighted by Gasteiger charge is 2.17. The van der Waals surface area contributed by atoms with Crippen LogP contribution < -0.4 is 4.90 Å². The molecule has 5 aromatic rings. The van der Waals surface area contributed by atoms with Crippen molar-refractivity contribution in [2.75, 3.05) is 4.90 Å². The number of hydrogen-bond donors (Lipinski definition) is 0. The van der Waals surface area contributed by atoms with E-state index in [1.54, 1.807) is 0 Å². The summed E-state index contributed by atoms with van der Waals surface area (Å²) in [5.41, 5.74) is 3.56. The summed E-state index contributed by atoms with van der Waals surface area (Å²) in [7, 11) is 0. The number of thiophene rings is 1. The zero-order valence-electron chi connectivity index (χ0n) is 34.2. The van der Waals surface area contributed by atoms with Gasteiger partial charge in [0.05, 0.1) is 5.69 Å². The van der Waals surface area contributed by atoms with E-state index in [-0.39, 0.29) is 0 Å². The van der Waals surface area contributed by atoms with Crippen molar-refractivity contribution in [2.45, 2.75) is 138 Å². The molecule has 1 nitrogen and oxygen atoms in total. The van der Waals surface area contributed by atoms with Gasteiger partial charge in [0.15, 0.2) is 0 Å². The predicted molar refractivity (Wildman–Crippen MR) is 227 cm³/mol. The predicted octanol–water partition coefficient (Wildman–Crippen LogP) is 17.8. The van der Waals surface area contributed by atoms with Crippen molar-refractivity contribution in [3.05, 3.63) is 103 Å². The molecule has 1 heterocycles. The Kier molecular flexibility index (Phi) is 55.7. The molecule has 0 aliphatic carbocycles. The minimum atomic E-state index is 1.17. The van der Waals surface area contributed by atoms with Crippen LogP contribution >= 0.6 is 11.3 Å². The minimum Gasteiger partial charge on any atom is -0.310 e. The van der Waals surface area contributed by atoms with E-state index < -0.39 is 0 Å². The van der Waals surface area contributed by atoms with Crippen molar-refractivity contribution in [3.63, 3.8) is 0 Å². The van der Waals surface area contributed by atoms with E-state index in [1.165, 1.54) is 37.2 Å². The van der Waals surface area contributed by atoms with Crippen molar-refractivity contribution in [3.8, 4) is 0 Å². The van der Waals surface area contributed by atoms with Gasteiger partial charge in [0.25, 0.3) is 0 Å². The lowest BCUT2D eigenvalue weighted by Gasteiger charge is -2.26. The van der Waals surface area contributed by atoms with Crippen LogP contribution in [0.1, 0.15) is 138 Å². The first-order valence-electron chi connectivity index (χ1n) is 18.7. The summed E-state index contributed by atoms with van der Waals surface area (Å²) in [4.78, 5) is 2.35. The lowest BCUT2D eigenvalue weighted by atomic mass is 10.1. The largest absolute Gasteiger partial charge is 0.310 e. The Labute approximate surface area is 294 Å². The maximum atomic E-state index is 2.35. The summed E-state index contributed by atoms with van der Waals surface area (Å²) < 4.78 is 2.65. The molecule has 0 amide bonds. The molecule has 1 aromatic heterocycles. The average Bonchev–Trinajstić information content (AvgIpc) is 3.60. The van der Waals surface area contributed by atoms with Crippen LogP contribution in [0.15, 0.2) is 103 Å². The van der Waals surface area contributed by atoms with E-state index in [0.717, 1.165) is 0 Å². The molecule has 0 bridgehead atoms. The zero-order chi connectivity index (χ0) is 37.3. The SMILES string of the molecule is CC.CC.CC.CC.CC.CC.CC.CC.CC.CC.c1ccc(N(c2ccccc2)c2cccc3sc4ccccc4c23)cc1. The Morgan fingerprint density at radius 3 is 1.04 bits per heavy atom. The summed E-state index contributed by atoms with van der Waals surface area (Å²) in [6, 6.07) is 36.4. The normalized spacial score (nSPS) is 7.57. The minimum absolute atomic E-state index is 1.17. The topological polar surface area (TPSA) is 3.24 Å². The van der Waals surface area contributed by atoms with Crippen LogP contribution in [0.4, 0.5) is 17.1 Å². The lowest BCUT2D eigenvalue weighted by molar-refractivity contribution is 1.30. The number of fused-ring (bicyclic) bond motifs is 3. The van der Waals surface area contributed by atoms with E-state index in [2.05, 4.69) is 108 Å². The fourth-order valence-electron chi connectivity index (χ4n) is 3.52. The van der Waals surface area contributed by atoms with Crippen molar-refractivity contribution < 1.29 is 0 Å². The lowest BCUT2D eigenvalue weighted by Crippen LogP contribution is -2.09. The number of rotatable bonds is 3. The van der Waals surface area contributed by atoms with Gasteiger partial charge >= 0.3 is 0 Å². The Bertz CT molecular complexity index is 1140. The molecule has 4 aromatic carbocycles. The van der Waals surface area contributed by atoms with Crippen LogP contribution in [0.5, 0.6) is 0 Å². The second-order valence-corrected chi connectivity index (χ2v) is 7.34. The standard InChI is InChI=1S/C24H17NS.10C2H6/c1-3-10-18(11-4-1)25(19-12-5-2-6-13-19)21-15-9-17-23-24(21)20-14-7-8-16-22(20)26-23;10*1-2/h1-17H;10*1-2H3. The molecule has 0 aliphatic rings. The van der Waals surface area contributed by atoms with Gasteiger partial charge in [-0.05, 0) is 42.5 Å². The van der Waals surface area contributed by atoms with Crippen LogP contribution in [-0.2, 0) is 0 Å². The zero-order valence-corrected chi connectivity index (χ0v) is 35.0. The van der Waals surface area contributed by atoms with Crippen molar-refractivity contribution in [2.24, 2.45) is 0 Å². The molecule has 0 aliphatic heterocycles. The van der Waals surface area contributed by atoms with Crippen LogP contribution in [0.25, 0.3) is 20.2 Å². The van der Waals surface area contributed by atoms with Gasteiger partial charge in [-0.2, -0.15) is 0 Å². The molecule has 2 heteroatoms. The molecular weight excluding hydrogens is 575 g/mol. The molecule has 0 N–H and O–H groups in total. The quantitative estimate of drug-likeness (QED) is 0.188. The molecule has 0 atom stereocenters. The highest BCUT2D eigenvalue weighted by molar-refractivity contribution is 7.26. The van der Waals surface area contributed by atoms with Gasteiger partial charge in [-0.3, -0.25) is 0 Å². The Hall–Kier alpha value is -3.10. The maximum absolute atomic E-state index is 2.35. The first-order chi connectivity index (χ1) is 22.9. The first-order valence-corrected chi connectivity index (χ1v) is 19.5. The van der Waals surface area contributed by atoms with E-state index in [0.29, 0.717) is 0 Å². The van der Waals surface area contributed by atoms with E-state index in [9.17, 15) is 0 Å².